The normalized spacial score (nSPS) is 14.5. The third-order valence-corrected chi connectivity index (χ3v) is 8.37. The van der Waals surface area contributed by atoms with Crippen molar-refractivity contribution in [2.75, 3.05) is 31.1 Å². The lowest BCUT2D eigenvalue weighted by Gasteiger charge is -2.41. The maximum Gasteiger partial charge on any atom is 0.243 e. The Morgan fingerprint density at radius 2 is 1.69 bits per heavy atom. The van der Waals surface area contributed by atoms with Crippen molar-refractivity contribution in [2.45, 2.75) is 25.7 Å². The first kappa shape index (κ1) is 24.4. The Bertz CT molecular complexity index is 1460. The molecule has 1 aliphatic rings. The fraction of sp³-hybridized carbons (Fsp3) is 0.276. The van der Waals surface area contributed by atoms with Gasteiger partial charge in [-0.25, -0.2) is 18.4 Å². The number of sulfonamides is 1. The zero-order valence-electron chi connectivity index (χ0n) is 20.9. The summed E-state index contributed by atoms with van der Waals surface area (Å²) in [6.07, 6.45) is 1.80. The number of benzene rings is 3. The molecular weight excluding hydrogens is 468 g/mol. The monoisotopic (exact) mass is 499 g/mol. The molecule has 0 aliphatic carbocycles. The van der Waals surface area contributed by atoms with Crippen LogP contribution in [0.25, 0.3) is 22.0 Å². The Kier molecular flexibility index (Phi) is 6.77. The van der Waals surface area contributed by atoms with Gasteiger partial charge in [0.05, 0.1) is 10.6 Å². The van der Waals surface area contributed by atoms with Crippen LogP contribution in [-0.4, -0.2) is 48.9 Å². The van der Waals surface area contributed by atoms with Crippen molar-refractivity contribution >= 4 is 26.7 Å². The summed E-state index contributed by atoms with van der Waals surface area (Å²) < 4.78 is 28.4. The van der Waals surface area contributed by atoms with Gasteiger partial charge in [-0.1, -0.05) is 67.9 Å². The van der Waals surface area contributed by atoms with Crippen LogP contribution in [0.15, 0.2) is 83.9 Å². The molecule has 0 atom stereocenters. The highest BCUT2D eigenvalue weighted by Crippen LogP contribution is 2.28. The van der Waals surface area contributed by atoms with Crippen molar-refractivity contribution in [3.05, 3.63) is 90.5 Å². The Morgan fingerprint density at radius 3 is 2.42 bits per heavy atom. The predicted molar refractivity (Wildman–Crippen MR) is 145 cm³/mol. The van der Waals surface area contributed by atoms with Crippen molar-refractivity contribution in [1.29, 1.82) is 0 Å². The average Bonchev–Trinajstić information content (AvgIpc) is 2.85. The molecule has 2 heterocycles. The van der Waals surface area contributed by atoms with Gasteiger partial charge in [-0.2, -0.15) is 4.31 Å². The first-order chi connectivity index (χ1) is 17.3. The zero-order valence-corrected chi connectivity index (χ0v) is 21.7. The van der Waals surface area contributed by atoms with Crippen LogP contribution in [0.2, 0.25) is 0 Å². The predicted octanol–water partition coefficient (Wildman–Crippen LogP) is 5.35. The zero-order chi connectivity index (χ0) is 25.3. The molecule has 6 nitrogen and oxygen atoms in total. The first-order valence-corrected chi connectivity index (χ1v) is 13.7. The van der Waals surface area contributed by atoms with Gasteiger partial charge in [0.25, 0.3) is 0 Å². The molecule has 5 rings (SSSR count). The molecule has 1 saturated heterocycles. The van der Waals surface area contributed by atoms with Gasteiger partial charge in [-0.15, -0.1) is 0 Å². The molecule has 4 aromatic rings. The van der Waals surface area contributed by atoms with E-state index in [0.717, 1.165) is 35.8 Å². The molecule has 1 radical (unpaired) electrons. The second-order valence-corrected chi connectivity index (χ2v) is 11.8. The van der Waals surface area contributed by atoms with E-state index in [4.69, 9.17) is 4.98 Å². The van der Waals surface area contributed by atoms with Crippen LogP contribution in [0.3, 0.4) is 0 Å². The van der Waals surface area contributed by atoms with Gasteiger partial charge in [0.1, 0.15) is 0 Å². The van der Waals surface area contributed by atoms with Gasteiger partial charge in [0.2, 0.25) is 16.0 Å². The number of rotatable bonds is 8. The maximum absolute atomic E-state index is 13.4. The lowest BCUT2D eigenvalue weighted by molar-refractivity contribution is 0.302. The van der Waals surface area contributed by atoms with Crippen LogP contribution in [0.1, 0.15) is 19.4 Å². The molecule has 1 fully saturated rings. The van der Waals surface area contributed by atoms with Crippen molar-refractivity contribution in [2.24, 2.45) is 5.92 Å². The van der Waals surface area contributed by atoms with E-state index in [9.17, 15) is 8.42 Å². The largest absolute Gasteiger partial charge is 0.340 e. The van der Waals surface area contributed by atoms with Crippen molar-refractivity contribution in [3.63, 3.8) is 0 Å². The minimum atomic E-state index is -3.56. The molecule has 185 valence electrons. The summed E-state index contributed by atoms with van der Waals surface area (Å²) in [5, 5.41) is 2.38. The summed E-state index contributed by atoms with van der Waals surface area (Å²) in [5.74, 6) is 1.97. The van der Waals surface area contributed by atoms with Crippen LogP contribution in [-0.2, 0) is 10.0 Å². The van der Waals surface area contributed by atoms with Gasteiger partial charge >= 0.3 is 0 Å². The van der Waals surface area contributed by atoms with Gasteiger partial charge < -0.3 is 4.90 Å². The van der Waals surface area contributed by atoms with E-state index in [1.807, 2.05) is 51.1 Å². The van der Waals surface area contributed by atoms with Crippen LogP contribution in [0.4, 0.5) is 5.95 Å². The first-order valence-electron chi connectivity index (χ1n) is 12.2. The van der Waals surface area contributed by atoms with Crippen LogP contribution in [0.5, 0.6) is 0 Å². The van der Waals surface area contributed by atoms with E-state index in [1.165, 1.54) is 10.8 Å². The molecule has 0 unspecified atom stereocenters. The summed E-state index contributed by atoms with van der Waals surface area (Å²) in [6.45, 7) is 8.24. The van der Waals surface area contributed by atoms with Crippen molar-refractivity contribution in [1.82, 2.24) is 14.3 Å². The lowest BCUT2D eigenvalue weighted by Crippen LogP contribution is -2.53. The minimum Gasteiger partial charge on any atom is -0.340 e. The summed E-state index contributed by atoms with van der Waals surface area (Å²) in [5.41, 5.74) is 2.98. The van der Waals surface area contributed by atoms with E-state index in [1.54, 1.807) is 22.6 Å². The SMILES string of the molecule is C[C](C)CN(CC1CN(c2nccc(-c3ccc4ccccc4c3)n2)C1)S(=O)(=O)c1ccc(C)cc1. The number of fused-ring (bicyclic) bond motifs is 1. The Balaban J connectivity index is 1.29. The Morgan fingerprint density at radius 1 is 0.972 bits per heavy atom. The highest BCUT2D eigenvalue weighted by atomic mass is 32.2. The summed E-state index contributed by atoms with van der Waals surface area (Å²) in [4.78, 5) is 11.8. The quantitative estimate of drug-likeness (QED) is 0.327. The highest BCUT2D eigenvalue weighted by molar-refractivity contribution is 7.89. The Labute approximate surface area is 213 Å². The van der Waals surface area contributed by atoms with E-state index in [2.05, 4.69) is 40.2 Å². The van der Waals surface area contributed by atoms with Crippen LogP contribution >= 0.6 is 0 Å². The summed E-state index contributed by atoms with van der Waals surface area (Å²) >= 11 is 0. The molecule has 0 spiro atoms. The summed E-state index contributed by atoms with van der Waals surface area (Å²) in [7, 11) is -3.56. The van der Waals surface area contributed by atoms with Crippen molar-refractivity contribution in [3.8, 4) is 11.3 Å². The highest BCUT2D eigenvalue weighted by Gasteiger charge is 2.34. The van der Waals surface area contributed by atoms with Gasteiger partial charge in [-0.3, -0.25) is 0 Å². The molecule has 0 bridgehead atoms. The number of anilines is 1. The minimum absolute atomic E-state index is 0.220. The second kappa shape index (κ2) is 9.99. The van der Waals surface area contributed by atoms with E-state index < -0.39 is 10.0 Å². The molecule has 7 heteroatoms. The smallest absolute Gasteiger partial charge is 0.243 e. The number of aromatic nitrogens is 2. The Hall–Kier alpha value is -3.29. The van der Waals surface area contributed by atoms with Gasteiger partial charge in [0.15, 0.2) is 0 Å². The maximum atomic E-state index is 13.4. The van der Waals surface area contributed by atoms with E-state index in [0.29, 0.717) is 23.9 Å². The van der Waals surface area contributed by atoms with Crippen LogP contribution in [0, 0.1) is 18.8 Å². The topological polar surface area (TPSA) is 66.4 Å². The number of hydrogen-bond donors (Lipinski definition) is 0. The second-order valence-electron chi connectivity index (χ2n) is 9.89. The molecular formula is C29H31N4O2S. The number of aryl methyl sites for hydroxylation is 1. The third kappa shape index (κ3) is 5.13. The standard InChI is InChI=1S/C29H31N4O2S/c1-21(2)17-33(36(34,35)27-12-8-22(3)9-13-27)20-23-18-32(19-23)29-30-15-14-28(31-29)26-11-10-24-6-4-5-7-25(24)16-26/h4-16,23H,17-20H2,1-3H3. The van der Waals surface area contributed by atoms with Gasteiger partial charge in [0, 0.05) is 43.9 Å². The van der Waals surface area contributed by atoms with Crippen molar-refractivity contribution < 1.29 is 8.42 Å². The molecule has 0 amide bonds. The molecule has 36 heavy (non-hydrogen) atoms. The fourth-order valence-electron chi connectivity index (χ4n) is 4.61. The molecule has 3 aromatic carbocycles. The molecule has 0 saturated carbocycles. The van der Waals surface area contributed by atoms with E-state index >= 15 is 0 Å². The number of hydrogen-bond acceptors (Lipinski definition) is 5. The molecule has 1 aliphatic heterocycles. The number of nitrogens with zero attached hydrogens (tertiary/aromatic N) is 4. The lowest BCUT2D eigenvalue weighted by atomic mass is 10.0. The van der Waals surface area contributed by atoms with Crippen LogP contribution < -0.4 is 4.90 Å². The fourth-order valence-corrected chi connectivity index (χ4v) is 6.22. The molecule has 1 aromatic heterocycles. The molecule has 0 N–H and O–H groups in total. The third-order valence-electron chi connectivity index (χ3n) is 6.54. The summed E-state index contributed by atoms with van der Waals surface area (Å²) in [6, 6.07) is 23.7. The average molecular weight is 500 g/mol. The van der Waals surface area contributed by atoms with E-state index in [-0.39, 0.29) is 5.92 Å². The van der Waals surface area contributed by atoms with Gasteiger partial charge in [-0.05, 0) is 47.9 Å².